The third kappa shape index (κ3) is 3.23. The lowest BCUT2D eigenvalue weighted by atomic mass is 10.1. The summed E-state index contributed by atoms with van der Waals surface area (Å²) in [5.41, 5.74) is 6.05. The average Bonchev–Trinajstić information content (AvgIpc) is 2.72. The molecule has 2 rings (SSSR count). The van der Waals surface area contributed by atoms with E-state index >= 15 is 0 Å². The lowest BCUT2D eigenvalue weighted by Crippen LogP contribution is -2.29. The van der Waals surface area contributed by atoms with Crippen molar-refractivity contribution in [1.82, 2.24) is 10.3 Å². The van der Waals surface area contributed by atoms with Gasteiger partial charge in [-0.1, -0.05) is 0 Å². The van der Waals surface area contributed by atoms with Crippen molar-refractivity contribution in [2.45, 2.75) is 25.3 Å². The van der Waals surface area contributed by atoms with Crippen molar-refractivity contribution in [3.63, 3.8) is 0 Å². The first-order valence-corrected chi connectivity index (χ1v) is 5.79. The Hall–Kier alpha value is -1.49. The summed E-state index contributed by atoms with van der Waals surface area (Å²) in [7, 11) is 0. The number of rotatable bonds is 3. The molecule has 1 aromatic heterocycles. The van der Waals surface area contributed by atoms with E-state index in [1.807, 2.05) is 0 Å². The Bertz CT molecular complexity index is 410. The van der Waals surface area contributed by atoms with Gasteiger partial charge in [0.2, 0.25) is 0 Å². The number of aromatic nitrogens is 1. The second-order valence-corrected chi connectivity index (χ2v) is 4.54. The molecule has 2 unspecified atom stereocenters. The molecular weight excluding hydrogens is 221 g/mol. The molecule has 0 aromatic carbocycles. The van der Waals surface area contributed by atoms with Crippen LogP contribution in [0.15, 0.2) is 18.5 Å². The molecule has 0 aliphatic heterocycles. The third-order valence-corrected chi connectivity index (χ3v) is 3.10. The molecule has 1 aliphatic carbocycles. The van der Waals surface area contributed by atoms with Gasteiger partial charge in [-0.2, -0.15) is 0 Å². The Balaban J connectivity index is 1.85. The van der Waals surface area contributed by atoms with E-state index in [9.17, 15) is 9.18 Å². The molecule has 0 spiro atoms. The summed E-state index contributed by atoms with van der Waals surface area (Å²) in [4.78, 5) is 15.3. The van der Waals surface area contributed by atoms with E-state index in [4.69, 9.17) is 5.73 Å². The molecule has 1 saturated carbocycles. The summed E-state index contributed by atoms with van der Waals surface area (Å²) >= 11 is 0. The van der Waals surface area contributed by atoms with Gasteiger partial charge in [-0.05, 0) is 31.2 Å². The number of nitrogens with zero attached hydrogens (tertiary/aromatic N) is 1. The second kappa shape index (κ2) is 5.23. The lowest BCUT2D eigenvalue weighted by molar-refractivity contribution is 0.0946. The van der Waals surface area contributed by atoms with Crippen LogP contribution in [-0.4, -0.2) is 23.5 Å². The average molecular weight is 237 g/mol. The number of halogens is 1. The Morgan fingerprint density at radius 2 is 2.35 bits per heavy atom. The first kappa shape index (κ1) is 12.0. The molecule has 1 aliphatic rings. The zero-order valence-electron chi connectivity index (χ0n) is 9.53. The highest BCUT2D eigenvalue weighted by molar-refractivity contribution is 5.93. The van der Waals surface area contributed by atoms with Crippen LogP contribution in [0.4, 0.5) is 4.39 Å². The van der Waals surface area contributed by atoms with Gasteiger partial charge in [0, 0.05) is 18.8 Å². The molecule has 5 heteroatoms. The predicted octanol–water partition coefficient (Wildman–Crippen LogP) is 1.08. The molecule has 1 amide bonds. The number of carbonyl (C=O) groups excluding carboxylic acids is 1. The first-order valence-electron chi connectivity index (χ1n) is 5.79. The fourth-order valence-corrected chi connectivity index (χ4v) is 2.17. The fourth-order valence-electron chi connectivity index (χ4n) is 2.17. The van der Waals surface area contributed by atoms with Crippen LogP contribution in [0.25, 0.3) is 0 Å². The second-order valence-electron chi connectivity index (χ2n) is 4.54. The van der Waals surface area contributed by atoms with Crippen molar-refractivity contribution in [3.8, 4) is 0 Å². The molecule has 1 aromatic rings. The van der Waals surface area contributed by atoms with E-state index in [-0.39, 0.29) is 17.5 Å². The van der Waals surface area contributed by atoms with E-state index < -0.39 is 5.82 Å². The lowest BCUT2D eigenvalue weighted by Gasteiger charge is -2.10. The maximum atomic E-state index is 12.9. The number of nitrogens with two attached hydrogens (primary N) is 1. The van der Waals surface area contributed by atoms with Gasteiger partial charge in [0.25, 0.3) is 5.91 Å². The Morgan fingerprint density at radius 1 is 1.53 bits per heavy atom. The third-order valence-electron chi connectivity index (χ3n) is 3.10. The standard InChI is InChI=1S/C12H16FN3O/c13-10-4-9(6-15-7-10)12(17)16-5-8-1-2-11(14)3-8/h4,6-8,11H,1-3,5,14H2,(H,16,17). The summed E-state index contributed by atoms with van der Waals surface area (Å²) in [5.74, 6) is -0.339. The number of pyridine rings is 1. The molecule has 1 heterocycles. The van der Waals surface area contributed by atoms with E-state index in [1.165, 1.54) is 12.3 Å². The Kier molecular flexibility index (Phi) is 3.68. The van der Waals surface area contributed by atoms with Gasteiger partial charge in [0.05, 0.1) is 11.8 Å². The van der Waals surface area contributed by atoms with Crippen LogP contribution in [0.5, 0.6) is 0 Å². The topological polar surface area (TPSA) is 68.0 Å². The van der Waals surface area contributed by atoms with E-state index in [2.05, 4.69) is 10.3 Å². The number of hydrogen-bond acceptors (Lipinski definition) is 3. The van der Waals surface area contributed by atoms with Crippen LogP contribution >= 0.6 is 0 Å². The van der Waals surface area contributed by atoms with Crippen molar-refractivity contribution < 1.29 is 9.18 Å². The highest BCUT2D eigenvalue weighted by atomic mass is 19.1. The van der Waals surface area contributed by atoms with E-state index in [0.29, 0.717) is 12.5 Å². The highest BCUT2D eigenvalue weighted by Crippen LogP contribution is 2.23. The molecule has 1 fully saturated rings. The molecule has 0 saturated heterocycles. The summed E-state index contributed by atoms with van der Waals surface area (Å²) in [6.45, 7) is 0.600. The van der Waals surface area contributed by atoms with Crippen LogP contribution in [0, 0.1) is 11.7 Å². The van der Waals surface area contributed by atoms with Gasteiger partial charge in [-0.15, -0.1) is 0 Å². The zero-order chi connectivity index (χ0) is 12.3. The molecule has 17 heavy (non-hydrogen) atoms. The zero-order valence-corrected chi connectivity index (χ0v) is 9.53. The van der Waals surface area contributed by atoms with Crippen LogP contribution in [0.3, 0.4) is 0 Å². The van der Waals surface area contributed by atoms with Crippen molar-refractivity contribution in [1.29, 1.82) is 0 Å². The van der Waals surface area contributed by atoms with Crippen molar-refractivity contribution in [2.24, 2.45) is 11.7 Å². The molecule has 4 nitrogen and oxygen atoms in total. The molecule has 2 atom stereocenters. The van der Waals surface area contributed by atoms with Crippen molar-refractivity contribution >= 4 is 5.91 Å². The quantitative estimate of drug-likeness (QED) is 0.826. The maximum absolute atomic E-state index is 12.9. The first-order chi connectivity index (χ1) is 8.15. The van der Waals surface area contributed by atoms with Crippen LogP contribution in [-0.2, 0) is 0 Å². The van der Waals surface area contributed by atoms with Gasteiger partial charge in [-0.25, -0.2) is 4.39 Å². The number of amides is 1. The number of hydrogen-bond donors (Lipinski definition) is 2. The van der Waals surface area contributed by atoms with Crippen molar-refractivity contribution in [3.05, 3.63) is 29.8 Å². The normalized spacial score (nSPS) is 23.6. The fraction of sp³-hybridized carbons (Fsp3) is 0.500. The molecule has 3 N–H and O–H groups in total. The number of carbonyl (C=O) groups is 1. The predicted molar refractivity (Wildman–Crippen MR) is 61.8 cm³/mol. The highest BCUT2D eigenvalue weighted by Gasteiger charge is 2.22. The molecule has 0 bridgehead atoms. The van der Waals surface area contributed by atoms with Gasteiger partial charge < -0.3 is 11.1 Å². The summed E-state index contributed by atoms with van der Waals surface area (Å²) in [6.07, 6.45) is 5.44. The Morgan fingerprint density at radius 3 is 3.00 bits per heavy atom. The van der Waals surface area contributed by atoms with Crippen LogP contribution in [0.2, 0.25) is 0 Å². The van der Waals surface area contributed by atoms with Crippen molar-refractivity contribution in [2.75, 3.05) is 6.54 Å². The Labute approximate surface area is 99.4 Å². The minimum Gasteiger partial charge on any atom is -0.352 e. The summed E-state index contributed by atoms with van der Waals surface area (Å²) in [5, 5.41) is 2.79. The monoisotopic (exact) mass is 237 g/mol. The SMILES string of the molecule is NC1CCC(CNC(=O)c2cncc(F)c2)C1. The minimum atomic E-state index is -0.500. The van der Waals surface area contributed by atoms with Gasteiger partial charge >= 0.3 is 0 Å². The summed E-state index contributed by atoms with van der Waals surface area (Å²) in [6, 6.07) is 1.44. The smallest absolute Gasteiger partial charge is 0.252 e. The summed E-state index contributed by atoms with van der Waals surface area (Å²) < 4.78 is 12.9. The molecule has 0 radical (unpaired) electrons. The van der Waals surface area contributed by atoms with E-state index in [1.54, 1.807) is 0 Å². The van der Waals surface area contributed by atoms with Gasteiger partial charge in [0.15, 0.2) is 0 Å². The van der Waals surface area contributed by atoms with E-state index in [0.717, 1.165) is 25.5 Å². The molecule has 92 valence electrons. The maximum Gasteiger partial charge on any atom is 0.252 e. The van der Waals surface area contributed by atoms with Crippen LogP contribution < -0.4 is 11.1 Å². The number of nitrogens with one attached hydrogen (secondary N) is 1. The minimum absolute atomic E-state index is 0.257. The van der Waals surface area contributed by atoms with Crippen LogP contribution in [0.1, 0.15) is 29.6 Å². The largest absolute Gasteiger partial charge is 0.352 e. The van der Waals surface area contributed by atoms with Gasteiger partial charge in [-0.3, -0.25) is 9.78 Å². The van der Waals surface area contributed by atoms with Gasteiger partial charge in [0.1, 0.15) is 5.82 Å². The molecular formula is C12H16FN3O.